The van der Waals surface area contributed by atoms with E-state index in [4.69, 9.17) is 0 Å². The van der Waals surface area contributed by atoms with Crippen LogP contribution in [0.25, 0.3) is 5.69 Å². The fourth-order valence-corrected chi connectivity index (χ4v) is 4.72. The molecule has 4 rings (SSSR count). The summed E-state index contributed by atoms with van der Waals surface area (Å²) in [4.78, 5) is 28.6. The van der Waals surface area contributed by atoms with Gasteiger partial charge in [-0.1, -0.05) is 25.0 Å². The number of hydrogen-bond donors (Lipinski definition) is 1. The molecule has 1 heterocycles. The normalized spacial score (nSPS) is 14.1. The van der Waals surface area contributed by atoms with Crippen LogP contribution in [0.3, 0.4) is 0 Å². The van der Waals surface area contributed by atoms with Crippen LogP contribution in [0.15, 0.2) is 60.0 Å². The zero-order valence-corrected chi connectivity index (χ0v) is 16.3. The van der Waals surface area contributed by atoms with Crippen LogP contribution in [-0.4, -0.2) is 30.8 Å². The molecule has 8 nitrogen and oxygen atoms in total. The summed E-state index contributed by atoms with van der Waals surface area (Å²) in [5, 5.41) is 18.9. The average molecular weight is 409 g/mol. The van der Waals surface area contributed by atoms with Gasteiger partial charge in [0.1, 0.15) is 18.3 Å². The quantitative estimate of drug-likeness (QED) is 0.476. The number of nitro benzene ring substituents is 1. The van der Waals surface area contributed by atoms with Crippen molar-refractivity contribution in [2.24, 2.45) is 0 Å². The van der Waals surface area contributed by atoms with Gasteiger partial charge in [-0.05, 0) is 37.1 Å². The number of benzene rings is 2. The number of rotatable bonds is 6. The van der Waals surface area contributed by atoms with Crippen LogP contribution in [0.1, 0.15) is 36.0 Å². The van der Waals surface area contributed by atoms with Crippen molar-refractivity contribution in [3.05, 3.63) is 70.8 Å². The van der Waals surface area contributed by atoms with Crippen LogP contribution in [0, 0.1) is 10.1 Å². The van der Waals surface area contributed by atoms with Crippen molar-refractivity contribution in [1.82, 2.24) is 14.8 Å². The van der Waals surface area contributed by atoms with Gasteiger partial charge in [0, 0.05) is 21.8 Å². The molecule has 1 fully saturated rings. The zero-order chi connectivity index (χ0) is 20.2. The Morgan fingerprint density at radius 2 is 2.00 bits per heavy atom. The van der Waals surface area contributed by atoms with E-state index < -0.39 is 10.8 Å². The molecule has 1 amide bonds. The molecule has 148 valence electrons. The molecule has 0 radical (unpaired) electrons. The Kier molecular flexibility index (Phi) is 5.57. The van der Waals surface area contributed by atoms with E-state index in [9.17, 15) is 14.9 Å². The molecule has 2 aromatic carbocycles. The summed E-state index contributed by atoms with van der Waals surface area (Å²) in [7, 11) is 0. The number of carbonyl (C=O) groups is 1. The number of carbonyl (C=O) groups excluding carboxylic acids is 1. The Morgan fingerprint density at radius 1 is 1.21 bits per heavy atom. The number of amides is 1. The molecule has 1 aliphatic carbocycles. The molecule has 0 atom stereocenters. The second-order valence-electron chi connectivity index (χ2n) is 6.78. The van der Waals surface area contributed by atoms with Gasteiger partial charge < -0.3 is 5.32 Å². The van der Waals surface area contributed by atoms with Crippen molar-refractivity contribution in [1.29, 1.82) is 0 Å². The van der Waals surface area contributed by atoms with E-state index in [0.29, 0.717) is 5.25 Å². The molecule has 0 unspecified atom stereocenters. The minimum absolute atomic E-state index is 0.209. The monoisotopic (exact) mass is 409 g/mol. The molecular formula is C20H19N5O3S. The number of aromatic nitrogens is 3. The smallest absolute Gasteiger partial charge is 0.295 e. The first-order valence-electron chi connectivity index (χ1n) is 9.32. The van der Waals surface area contributed by atoms with Crippen molar-refractivity contribution < 1.29 is 9.72 Å². The molecule has 1 aromatic heterocycles. The van der Waals surface area contributed by atoms with E-state index >= 15 is 0 Å². The Hall–Kier alpha value is -3.20. The maximum Gasteiger partial charge on any atom is 0.295 e. The van der Waals surface area contributed by atoms with E-state index in [1.54, 1.807) is 17.8 Å². The van der Waals surface area contributed by atoms with Gasteiger partial charge in [-0.25, -0.2) is 9.67 Å². The first-order chi connectivity index (χ1) is 14.1. The number of nitro groups is 1. The highest BCUT2D eigenvalue weighted by Gasteiger charge is 2.21. The topological polar surface area (TPSA) is 103 Å². The SMILES string of the molecule is O=C(Nc1ccccc1SC1CCCC1)c1ccc(-n2cncn2)c([N+](=O)[O-])c1. The van der Waals surface area contributed by atoms with E-state index in [-0.39, 0.29) is 16.9 Å². The van der Waals surface area contributed by atoms with Crippen molar-refractivity contribution >= 4 is 29.0 Å². The van der Waals surface area contributed by atoms with Gasteiger partial charge in [-0.3, -0.25) is 14.9 Å². The summed E-state index contributed by atoms with van der Waals surface area (Å²) < 4.78 is 1.30. The van der Waals surface area contributed by atoms with E-state index in [0.717, 1.165) is 10.6 Å². The van der Waals surface area contributed by atoms with Gasteiger partial charge in [0.05, 0.1) is 10.6 Å². The predicted octanol–water partition coefficient (Wildman–Crippen LogP) is 4.46. The van der Waals surface area contributed by atoms with Gasteiger partial charge in [-0.2, -0.15) is 5.10 Å². The largest absolute Gasteiger partial charge is 0.321 e. The summed E-state index contributed by atoms with van der Waals surface area (Å²) >= 11 is 1.78. The van der Waals surface area contributed by atoms with E-state index in [1.165, 1.54) is 55.2 Å². The van der Waals surface area contributed by atoms with Crippen LogP contribution in [0.4, 0.5) is 11.4 Å². The molecule has 3 aromatic rings. The number of hydrogen-bond acceptors (Lipinski definition) is 6. The number of para-hydroxylation sites is 1. The number of thioether (sulfide) groups is 1. The highest BCUT2D eigenvalue weighted by atomic mass is 32.2. The summed E-state index contributed by atoms with van der Waals surface area (Å²) in [6, 6.07) is 12.0. The number of nitrogens with one attached hydrogen (secondary N) is 1. The molecule has 0 bridgehead atoms. The van der Waals surface area contributed by atoms with Crippen LogP contribution in [0.2, 0.25) is 0 Å². The summed E-state index contributed by atoms with van der Waals surface area (Å²) in [6.45, 7) is 0. The minimum atomic E-state index is -0.530. The molecule has 1 saturated carbocycles. The Balaban J connectivity index is 1.58. The lowest BCUT2D eigenvalue weighted by Crippen LogP contribution is -2.14. The van der Waals surface area contributed by atoms with Crippen molar-refractivity contribution in [2.45, 2.75) is 35.8 Å². The number of nitrogens with zero attached hydrogens (tertiary/aromatic N) is 4. The maximum atomic E-state index is 12.8. The molecule has 0 spiro atoms. The van der Waals surface area contributed by atoms with Crippen LogP contribution in [-0.2, 0) is 0 Å². The molecule has 0 aliphatic heterocycles. The third kappa shape index (κ3) is 4.29. The predicted molar refractivity (Wildman–Crippen MR) is 111 cm³/mol. The summed E-state index contributed by atoms with van der Waals surface area (Å²) in [5.74, 6) is -0.391. The third-order valence-electron chi connectivity index (χ3n) is 4.83. The van der Waals surface area contributed by atoms with Crippen molar-refractivity contribution in [3.8, 4) is 5.69 Å². The second kappa shape index (κ2) is 8.44. The van der Waals surface area contributed by atoms with Crippen LogP contribution in [0.5, 0.6) is 0 Å². The second-order valence-corrected chi connectivity index (χ2v) is 8.12. The van der Waals surface area contributed by atoms with E-state index in [2.05, 4.69) is 15.4 Å². The minimum Gasteiger partial charge on any atom is -0.321 e. The zero-order valence-electron chi connectivity index (χ0n) is 15.5. The summed E-state index contributed by atoms with van der Waals surface area (Å²) in [5.41, 5.74) is 0.969. The third-order valence-corrected chi connectivity index (χ3v) is 6.25. The molecule has 1 N–H and O–H groups in total. The maximum absolute atomic E-state index is 12.8. The highest BCUT2D eigenvalue weighted by Crippen LogP contribution is 2.38. The lowest BCUT2D eigenvalue weighted by Gasteiger charge is -2.14. The van der Waals surface area contributed by atoms with E-state index in [1.807, 2.05) is 24.3 Å². The van der Waals surface area contributed by atoms with Gasteiger partial charge >= 0.3 is 0 Å². The fraction of sp³-hybridized carbons (Fsp3) is 0.250. The first kappa shape index (κ1) is 19.1. The highest BCUT2D eigenvalue weighted by molar-refractivity contribution is 8.00. The lowest BCUT2D eigenvalue weighted by molar-refractivity contribution is -0.384. The Morgan fingerprint density at radius 3 is 2.72 bits per heavy atom. The fourth-order valence-electron chi connectivity index (χ4n) is 3.39. The molecular weight excluding hydrogens is 390 g/mol. The number of anilines is 1. The van der Waals surface area contributed by atoms with Crippen molar-refractivity contribution in [2.75, 3.05) is 5.32 Å². The van der Waals surface area contributed by atoms with Crippen LogP contribution >= 0.6 is 11.8 Å². The molecule has 9 heteroatoms. The first-order valence-corrected chi connectivity index (χ1v) is 10.2. The van der Waals surface area contributed by atoms with Crippen LogP contribution < -0.4 is 5.32 Å². The van der Waals surface area contributed by atoms with Gasteiger partial charge in [-0.15, -0.1) is 11.8 Å². The Bertz CT molecular complexity index is 1030. The standard InChI is InChI=1S/C20H19N5O3S/c26-20(23-16-7-3-4-8-19(16)29-15-5-1-2-6-15)14-9-10-17(18(11-14)25(27)28)24-13-21-12-22-24/h3-4,7-13,15H,1-2,5-6H2,(H,23,26). The van der Waals surface area contributed by atoms with Gasteiger partial charge in [0.25, 0.3) is 11.6 Å². The molecule has 1 aliphatic rings. The molecule has 0 saturated heterocycles. The average Bonchev–Trinajstić information content (AvgIpc) is 3.43. The molecule has 29 heavy (non-hydrogen) atoms. The lowest BCUT2D eigenvalue weighted by atomic mass is 10.1. The Labute approximate surface area is 171 Å². The summed E-state index contributed by atoms with van der Waals surface area (Å²) in [6.07, 6.45) is 7.52. The van der Waals surface area contributed by atoms with Crippen molar-refractivity contribution in [3.63, 3.8) is 0 Å². The van der Waals surface area contributed by atoms with Gasteiger partial charge in [0.2, 0.25) is 0 Å². The van der Waals surface area contributed by atoms with Gasteiger partial charge in [0.15, 0.2) is 0 Å².